The molecule has 3 aromatic rings. The Morgan fingerprint density at radius 1 is 1.22 bits per heavy atom. The van der Waals surface area contributed by atoms with E-state index in [0.29, 0.717) is 17.9 Å². The Kier molecular flexibility index (Phi) is 5.53. The van der Waals surface area contributed by atoms with Gasteiger partial charge < -0.3 is 19.9 Å². The van der Waals surface area contributed by atoms with Crippen LogP contribution in [0.15, 0.2) is 29.4 Å². The fourth-order valence-corrected chi connectivity index (χ4v) is 6.15. The van der Waals surface area contributed by atoms with E-state index >= 15 is 0 Å². The highest BCUT2D eigenvalue weighted by molar-refractivity contribution is 7.84. The number of rotatable bonds is 5. The number of thiazole rings is 1. The van der Waals surface area contributed by atoms with Gasteiger partial charge in [-0.1, -0.05) is 12.1 Å². The summed E-state index contributed by atoms with van der Waals surface area (Å²) in [6, 6.07) is 7.84. The van der Waals surface area contributed by atoms with Crippen LogP contribution in [0.1, 0.15) is 26.0 Å². The predicted molar refractivity (Wildman–Crippen MR) is 124 cm³/mol. The summed E-state index contributed by atoms with van der Waals surface area (Å²) >= 11 is 1.57. The number of anilines is 1. The van der Waals surface area contributed by atoms with Crippen molar-refractivity contribution < 1.29 is 18.8 Å². The van der Waals surface area contributed by atoms with E-state index in [1.165, 1.54) is 0 Å². The fraction of sp³-hybridized carbons (Fsp3) is 0.500. The zero-order chi connectivity index (χ0) is 22.6. The smallest absolute Gasteiger partial charge is 0.220 e. The zero-order valence-corrected chi connectivity index (χ0v) is 20.0. The van der Waals surface area contributed by atoms with Crippen molar-refractivity contribution in [2.24, 2.45) is 5.92 Å². The third-order valence-corrected chi connectivity index (χ3v) is 7.72. The van der Waals surface area contributed by atoms with E-state index in [1.54, 1.807) is 17.6 Å². The topological polar surface area (TPSA) is 106 Å². The van der Waals surface area contributed by atoms with Gasteiger partial charge in [0.25, 0.3) is 0 Å². The first kappa shape index (κ1) is 21.8. The summed E-state index contributed by atoms with van der Waals surface area (Å²) in [4.78, 5) is 13.9. The predicted octanol–water partition coefficient (Wildman–Crippen LogP) is 3.11. The van der Waals surface area contributed by atoms with E-state index in [-0.39, 0.29) is 35.9 Å². The summed E-state index contributed by atoms with van der Waals surface area (Å²) in [5, 5.41) is 14.5. The normalized spacial score (nSPS) is 27.5. The maximum absolute atomic E-state index is 12.2. The number of aryl methyl sites for hydroxylation is 1. The Balaban J connectivity index is 1.57. The van der Waals surface area contributed by atoms with Crippen LogP contribution in [0.25, 0.3) is 20.8 Å². The number of ether oxygens (including phenoxy) is 2. The number of hydrogen-bond acceptors (Lipinski definition) is 9. The van der Waals surface area contributed by atoms with Gasteiger partial charge in [-0.2, -0.15) is 0 Å². The lowest BCUT2D eigenvalue weighted by Crippen LogP contribution is -2.35. The van der Waals surface area contributed by atoms with Gasteiger partial charge in [0, 0.05) is 18.8 Å². The lowest BCUT2D eigenvalue weighted by atomic mass is 10.1. The molecule has 170 valence electrons. The molecule has 2 N–H and O–H groups in total. The SMILES string of the molecule is Cc1nc(S(C)=O)nc(NC2CC(CO)C3OC(C)(C)OC23)c1-c1nc2ccccc2s1. The second-order valence-corrected chi connectivity index (χ2v) is 11.1. The van der Waals surface area contributed by atoms with E-state index in [4.69, 9.17) is 14.5 Å². The molecular weight excluding hydrogens is 448 g/mol. The fourth-order valence-electron chi connectivity index (χ4n) is 4.60. The molecule has 1 aliphatic carbocycles. The molecule has 2 aromatic heterocycles. The number of nitrogens with zero attached hydrogens (tertiary/aromatic N) is 3. The number of aromatic nitrogens is 3. The highest BCUT2D eigenvalue weighted by Crippen LogP contribution is 2.44. The van der Waals surface area contributed by atoms with Crippen molar-refractivity contribution in [3.8, 4) is 10.6 Å². The Morgan fingerprint density at radius 2 is 1.97 bits per heavy atom. The summed E-state index contributed by atoms with van der Waals surface area (Å²) in [5.41, 5.74) is 2.42. The van der Waals surface area contributed by atoms with Crippen LogP contribution in [0.5, 0.6) is 0 Å². The second kappa shape index (κ2) is 8.11. The standard InChI is InChI=1S/C22H26N4O4S2/c1-11-16(20-25-13-7-5-6-8-15(13)31-20)19(26-21(23-11)32(4)28)24-14-9-12(10-27)17-18(14)30-22(2,3)29-17/h5-8,12,14,17-18,27H,9-10H2,1-4H3,(H,23,24,26). The number of para-hydroxylation sites is 1. The molecule has 32 heavy (non-hydrogen) atoms. The molecular formula is C22H26N4O4S2. The molecule has 1 saturated heterocycles. The Labute approximate surface area is 192 Å². The van der Waals surface area contributed by atoms with Crippen LogP contribution in [-0.2, 0) is 20.3 Å². The van der Waals surface area contributed by atoms with Gasteiger partial charge in [-0.05, 0) is 39.3 Å². The molecule has 2 aliphatic rings. The van der Waals surface area contributed by atoms with Crippen LogP contribution in [0.4, 0.5) is 5.82 Å². The minimum absolute atomic E-state index is 0.0243. The summed E-state index contributed by atoms with van der Waals surface area (Å²) in [5.74, 6) is -0.165. The van der Waals surface area contributed by atoms with Crippen molar-refractivity contribution in [1.82, 2.24) is 15.0 Å². The van der Waals surface area contributed by atoms with Gasteiger partial charge in [0.15, 0.2) is 5.79 Å². The van der Waals surface area contributed by atoms with Gasteiger partial charge in [-0.3, -0.25) is 4.21 Å². The molecule has 0 bridgehead atoms. The zero-order valence-electron chi connectivity index (χ0n) is 18.4. The van der Waals surface area contributed by atoms with Gasteiger partial charge in [-0.15, -0.1) is 11.3 Å². The first-order valence-corrected chi connectivity index (χ1v) is 12.9. The third-order valence-electron chi connectivity index (χ3n) is 5.97. The van der Waals surface area contributed by atoms with Crippen LogP contribution in [-0.4, -0.2) is 61.2 Å². The Bertz CT molecular complexity index is 1160. The molecule has 5 atom stereocenters. The number of hydrogen-bond donors (Lipinski definition) is 2. The van der Waals surface area contributed by atoms with Crippen LogP contribution < -0.4 is 5.32 Å². The van der Waals surface area contributed by atoms with E-state index in [9.17, 15) is 9.32 Å². The molecule has 8 nitrogen and oxygen atoms in total. The summed E-state index contributed by atoms with van der Waals surface area (Å²) in [6.07, 6.45) is 1.83. The molecule has 1 saturated carbocycles. The van der Waals surface area contributed by atoms with Crippen LogP contribution in [0.2, 0.25) is 0 Å². The number of nitrogens with one attached hydrogen (secondary N) is 1. The average molecular weight is 475 g/mol. The molecule has 5 rings (SSSR count). The van der Waals surface area contributed by atoms with Crippen molar-refractivity contribution >= 4 is 38.2 Å². The van der Waals surface area contributed by atoms with Crippen molar-refractivity contribution in [3.63, 3.8) is 0 Å². The maximum atomic E-state index is 12.2. The molecule has 10 heteroatoms. The number of benzene rings is 1. The lowest BCUT2D eigenvalue weighted by molar-refractivity contribution is -0.158. The first-order chi connectivity index (χ1) is 15.3. The van der Waals surface area contributed by atoms with Crippen LogP contribution in [0.3, 0.4) is 0 Å². The third kappa shape index (κ3) is 3.84. The first-order valence-electron chi connectivity index (χ1n) is 10.6. The van der Waals surface area contributed by atoms with Gasteiger partial charge in [-0.25, -0.2) is 15.0 Å². The van der Waals surface area contributed by atoms with Crippen molar-refractivity contribution in [1.29, 1.82) is 0 Å². The van der Waals surface area contributed by atoms with Gasteiger partial charge >= 0.3 is 0 Å². The number of aliphatic hydroxyl groups is 1. The van der Waals surface area contributed by atoms with Gasteiger partial charge in [0.2, 0.25) is 5.16 Å². The number of fused-ring (bicyclic) bond motifs is 2. The molecule has 1 aromatic carbocycles. The van der Waals surface area contributed by atoms with Crippen LogP contribution in [0, 0.1) is 12.8 Å². The quantitative estimate of drug-likeness (QED) is 0.544. The van der Waals surface area contributed by atoms with E-state index in [1.807, 2.05) is 45.0 Å². The molecule has 0 spiro atoms. The molecule has 0 amide bonds. The summed E-state index contributed by atoms with van der Waals surface area (Å²) in [7, 11) is -1.33. The van der Waals surface area contributed by atoms with Crippen molar-refractivity contribution in [3.05, 3.63) is 30.0 Å². The lowest BCUT2D eigenvalue weighted by Gasteiger charge is -2.24. The molecule has 3 heterocycles. The van der Waals surface area contributed by atoms with Gasteiger partial charge in [0.05, 0.1) is 44.4 Å². The monoisotopic (exact) mass is 474 g/mol. The molecule has 1 aliphatic heterocycles. The molecule has 5 unspecified atom stereocenters. The van der Waals surface area contributed by atoms with Crippen LogP contribution >= 0.6 is 11.3 Å². The summed E-state index contributed by atoms with van der Waals surface area (Å²) in [6.45, 7) is 5.68. The largest absolute Gasteiger partial charge is 0.396 e. The average Bonchev–Trinajstić information content (AvgIpc) is 3.38. The van der Waals surface area contributed by atoms with E-state index in [0.717, 1.165) is 20.8 Å². The van der Waals surface area contributed by atoms with E-state index < -0.39 is 16.6 Å². The van der Waals surface area contributed by atoms with Crippen molar-refractivity contribution in [2.75, 3.05) is 18.2 Å². The summed E-state index contributed by atoms with van der Waals surface area (Å²) < 4.78 is 25.5. The van der Waals surface area contributed by atoms with E-state index in [2.05, 4.69) is 15.3 Å². The minimum Gasteiger partial charge on any atom is -0.396 e. The second-order valence-electron chi connectivity index (χ2n) is 8.75. The van der Waals surface area contributed by atoms with Gasteiger partial charge in [0.1, 0.15) is 16.9 Å². The molecule has 0 radical (unpaired) electrons. The highest BCUT2D eigenvalue weighted by atomic mass is 32.2. The molecule has 2 fully saturated rings. The minimum atomic E-state index is -1.33. The Morgan fingerprint density at radius 3 is 2.69 bits per heavy atom. The van der Waals surface area contributed by atoms with Crippen molar-refractivity contribution in [2.45, 2.75) is 56.4 Å². The Hall–Kier alpha value is -1.98. The maximum Gasteiger partial charge on any atom is 0.220 e. The highest BCUT2D eigenvalue weighted by Gasteiger charge is 2.54. The number of aliphatic hydroxyl groups excluding tert-OH is 1.